The first kappa shape index (κ1) is 12.1. The van der Waals surface area contributed by atoms with Gasteiger partial charge in [-0.25, -0.2) is 4.79 Å². The summed E-state index contributed by atoms with van der Waals surface area (Å²) >= 11 is 1.17. The monoisotopic (exact) mass is 257 g/mol. The Morgan fingerprint density at radius 2 is 2.47 bits per heavy atom. The lowest BCUT2D eigenvalue weighted by Gasteiger charge is -2.30. The number of ether oxygens (including phenoxy) is 1. The van der Waals surface area contributed by atoms with E-state index >= 15 is 0 Å². The number of aromatic nitrogens is 1. The third kappa shape index (κ3) is 2.34. The third-order valence-electron chi connectivity index (χ3n) is 2.77. The largest absolute Gasteiger partial charge is 0.465 e. The number of aliphatic hydroxyl groups excluding tert-OH is 1. The van der Waals surface area contributed by atoms with Gasteiger partial charge in [0.05, 0.1) is 13.2 Å². The lowest BCUT2D eigenvalue weighted by atomic mass is 10.1. The fraction of sp³-hybridized carbons (Fsp3) is 0.600. The van der Waals surface area contributed by atoms with Gasteiger partial charge in [0.1, 0.15) is 10.6 Å². The van der Waals surface area contributed by atoms with Crippen molar-refractivity contribution in [3.05, 3.63) is 5.56 Å². The van der Waals surface area contributed by atoms with Gasteiger partial charge in [0, 0.05) is 13.1 Å². The highest BCUT2D eigenvalue weighted by molar-refractivity contribution is 7.11. The van der Waals surface area contributed by atoms with Crippen molar-refractivity contribution in [1.82, 2.24) is 4.37 Å². The van der Waals surface area contributed by atoms with Crippen molar-refractivity contribution in [1.29, 1.82) is 0 Å². The minimum atomic E-state index is -0.480. The summed E-state index contributed by atoms with van der Waals surface area (Å²) in [6, 6.07) is 0. The Morgan fingerprint density at radius 3 is 3.12 bits per heavy atom. The lowest BCUT2D eigenvalue weighted by molar-refractivity contribution is 0.0602. The first-order valence-electron chi connectivity index (χ1n) is 5.40. The second kappa shape index (κ2) is 4.89. The van der Waals surface area contributed by atoms with Crippen LogP contribution in [-0.2, 0) is 4.74 Å². The molecule has 0 amide bonds. The van der Waals surface area contributed by atoms with E-state index in [1.807, 2.05) is 4.90 Å². The molecule has 1 aliphatic rings. The van der Waals surface area contributed by atoms with Crippen LogP contribution in [0.4, 0.5) is 10.8 Å². The number of carbonyl (C=O) groups excluding carboxylic acids is 1. The maximum atomic E-state index is 11.6. The molecule has 0 aliphatic carbocycles. The molecule has 2 heterocycles. The average molecular weight is 257 g/mol. The Hall–Kier alpha value is -1.34. The molecule has 0 bridgehead atoms. The molecule has 1 aliphatic heterocycles. The van der Waals surface area contributed by atoms with Crippen LogP contribution in [0.5, 0.6) is 0 Å². The molecule has 0 saturated carbocycles. The van der Waals surface area contributed by atoms with Gasteiger partial charge in [-0.1, -0.05) is 0 Å². The van der Waals surface area contributed by atoms with E-state index in [0.717, 1.165) is 19.4 Å². The second-order valence-electron chi connectivity index (χ2n) is 3.98. The molecular weight excluding hydrogens is 242 g/mol. The van der Waals surface area contributed by atoms with Gasteiger partial charge < -0.3 is 20.5 Å². The van der Waals surface area contributed by atoms with Crippen molar-refractivity contribution in [3.63, 3.8) is 0 Å². The van der Waals surface area contributed by atoms with Crippen molar-refractivity contribution in [2.75, 3.05) is 30.8 Å². The number of aliphatic hydroxyl groups is 1. The smallest absolute Gasteiger partial charge is 0.344 e. The molecule has 1 aromatic rings. The summed E-state index contributed by atoms with van der Waals surface area (Å²) in [6.45, 7) is 1.30. The number of nitrogen functional groups attached to an aromatic ring is 1. The molecule has 0 spiro atoms. The predicted molar refractivity (Wildman–Crippen MR) is 65.3 cm³/mol. The predicted octanol–water partition coefficient (Wildman–Crippen LogP) is 0.473. The fourth-order valence-electron chi connectivity index (χ4n) is 1.94. The zero-order valence-corrected chi connectivity index (χ0v) is 10.4. The van der Waals surface area contributed by atoms with Crippen LogP contribution in [0.2, 0.25) is 0 Å². The number of anilines is 2. The number of methoxy groups -OCH3 is 1. The van der Waals surface area contributed by atoms with Gasteiger partial charge in [-0.15, -0.1) is 0 Å². The molecule has 1 saturated heterocycles. The Balaban J connectivity index is 2.28. The van der Waals surface area contributed by atoms with Crippen LogP contribution in [-0.4, -0.2) is 41.8 Å². The zero-order chi connectivity index (χ0) is 12.4. The van der Waals surface area contributed by atoms with Gasteiger partial charge >= 0.3 is 5.97 Å². The molecule has 1 atom stereocenters. The van der Waals surface area contributed by atoms with Crippen molar-refractivity contribution in [3.8, 4) is 0 Å². The summed E-state index contributed by atoms with van der Waals surface area (Å²) < 4.78 is 8.67. The molecule has 6 nitrogen and oxygen atoms in total. The van der Waals surface area contributed by atoms with Crippen molar-refractivity contribution in [2.45, 2.75) is 18.9 Å². The molecular formula is C10H15N3O3S. The summed E-state index contributed by atoms with van der Waals surface area (Å²) in [5.74, 6) is -0.289. The van der Waals surface area contributed by atoms with Crippen LogP contribution in [0.25, 0.3) is 0 Å². The molecule has 94 valence electrons. The van der Waals surface area contributed by atoms with Crippen LogP contribution in [0.15, 0.2) is 0 Å². The Labute approximate surface area is 103 Å². The minimum Gasteiger partial charge on any atom is -0.465 e. The van der Waals surface area contributed by atoms with E-state index in [4.69, 9.17) is 10.5 Å². The number of rotatable bonds is 2. The Bertz CT molecular complexity index is 421. The van der Waals surface area contributed by atoms with Gasteiger partial charge in [0.15, 0.2) is 5.82 Å². The van der Waals surface area contributed by atoms with Crippen LogP contribution in [0.1, 0.15) is 23.2 Å². The van der Waals surface area contributed by atoms with E-state index in [9.17, 15) is 9.90 Å². The van der Waals surface area contributed by atoms with Gasteiger partial charge in [-0.3, -0.25) is 0 Å². The SMILES string of the molecule is COC(=O)c1c(N)nsc1N1CCCC(O)C1. The minimum absolute atomic E-state index is 0.192. The summed E-state index contributed by atoms with van der Waals surface area (Å²) in [5.41, 5.74) is 5.98. The molecule has 1 unspecified atom stereocenters. The van der Waals surface area contributed by atoms with Crippen LogP contribution < -0.4 is 10.6 Å². The van der Waals surface area contributed by atoms with Gasteiger partial charge in [-0.2, -0.15) is 4.37 Å². The highest BCUT2D eigenvalue weighted by atomic mass is 32.1. The number of nitrogens with two attached hydrogens (primary N) is 1. The van der Waals surface area contributed by atoms with Crippen LogP contribution in [0.3, 0.4) is 0 Å². The number of esters is 1. The highest BCUT2D eigenvalue weighted by Gasteiger charge is 2.27. The van der Waals surface area contributed by atoms with E-state index in [1.165, 1.54) is 18.6 Å². The van der Waals surface area contributed by atoms with Gasteiger partial charge in [0.25, 0.3) is 0 Å². The molecule has 2 rings (SSSR count). The number of piperidine rings is 1. The number of hydrogen-bond donors (Lipinski definition) is 2. The van der Waals surface area contributed by atoms with E-state index in [2.05, 4.69) is 4.37 Å². The standard InChI is InChI=1S/C10H15N3O3S/c1-16-10(15)7-8(11)12-17-9(7)13-4-2-3-6(14)5-13/h6,14H,2-5H2,1H3,(H2,11,12). The van der Waals surface area contributed by atoms with Crippen molar-refractivity contribution >= 4 is 28.3 Å². The second-order valence-corrected chi connectivity index (χ2v) is 4.73. The topological polar surface area (TPSA) is 88.7 Å². The van der Waals surface area contributed by atoms with Crippen LogP contribution in [0, 0.1) is 0 Å². The van der Waals surface area contributed by atoms with Crippen LogP contribution >= 0.6 is 11.5 Å². The number of carbonyl (C=O) groups is 1. The number of β-amino-alcohol motifs (C(OH)–C–C–N with tert-alkyl or cyclic N) is 1. The average Bonchev–Trinajstić information content (AvgIpc) is 2.70. The van der Waals surface area contributed by atoms with Gasteiger partial charge in [-0.05, 0) is 24.4 Å². The first-order valence-corrected chi connectivity index (χ1v) is 6.17. The quantitative estimate of drug-likeness (QED) is 0.749. The van der Waals surface area contributed by atoms with E-state index in [1.54, 1.807) is 0 Å². The van der Waals surface area contributed by atoms with E-state index in [0.29, 0.717) is 17.1 Å². The molecule has 3 N–H and O–H groups in total. The summed E-state index contributed by atoms with van der Waals surface area (Å²) in [4.78, 5) is 13.6. The number of nitrogens with zero attached hydrogens (tertiary/aromatic N) is 2. The summed E-state index contributed by atoms with van der Waals surface area (Å²) in [5, 5.41) is 10.3. The Kier molecular flexibility index (Phi) is 3.49. The summed E-state index contributed by atoms with van der Waals surface area (Å²) in [6.07, 6.45) is 1.32. The molecule has 17 heavy (non-hydrogen) atoms. The number of hydrogen-bond acceptors (Lipinski definition) is 7. The first-order chi connectivity index (χ1) is 8.13. The normalized spacial score (nSPS) is 20.4. The van der Waals surface area contributed by atoms with Crippen molar-refractivity contribution in [2.24, 2.45) is 0 Å². The fourth-order valence-corrected chi connectivity index (χ4v) is 2.78. The summed E-state index contributed by atoms with van der Waals surface area (Å²) in [7, 11) is 1.31. The third-order valence-corrected chi connectivity index (χ3v) is 3.70. The molecule has 1 aromatic heterocycles. The maximum Gasteiger partial charge on any atom is 0.344 e. The maximum absolute atomic E-state index is 11.6. The lowest BCUT2D eigenvalue weighted by Crippen LogP contribution is -2.38. The van der Waals surface area contributed by atoms with Gasteiger partial charge in [0.2, 0.25) is 0 Å². The Morgan fingerprint density at radius 1 is 1.71 bits per heavy atom. The molecule has 7 heteroatoms. The zero-order valence-electron chi connectivity index (χ0n) is 9.55. The molecule has 1 fully saturated rings. The van der Waals surface area contributed by atoms with E-state index in [-0.39, 0.29) is 11.9 Å². The van der Waals surface area contributed by atoms with Crippen molar-refractivity contribution < 1.29 is 14.6 Å². The highest BCUT2D eigenvalue weighted by Crippen LogP contribution is 2.32. The van der Waals surface area contributed by atoms with E-state index < -0.39 is 5.97 Å². The molecule has 0 radical (unpaired) electrons. The molecule has 0 aromatic carbocycles.